The first-order valence-electron chi connectivity index (χ1n) is 8.83. The number of aromatic nitrogens is 3. The molecule has 0 aliphatic rings. The zero-order valence-corrected chi connectivity index (χ0v) is 16.9. The number of furan rings is 1. The lowest BCUT2D eigenvalue weighted by atomic mass is 10.1. The normalized spacial score (nSPS) is 11.1. The van der Waals surface area contributed by atoms with Crippen molar-refractivity contribution in [3.8, 4) is 11.3 Å². The van der Waals surface area contributed by atoms with Crippen LogP contribution in [-0.2, 0) is 25.3 Å². The van der Waals surface area contributed by atoms with Crippen molar-refractivity contribution < 1.29 is 9.21 Å². The van der Waals surface area contributed by atoms with Crippen molar-refractivity contribution in [2.24, 2.45) is 14.1 Å². The fourth-order valence-corrected chi connectivity index (χ4v) is 3.81. The standard InChI is InChI=1S/C20H18N4O4S/c1-11-4-6-12(7-5-11)14-10-29-19(21-14)22-15(25)8-13-9-28-18-16(13)17(26)23(2)20(27)24(18)3/h4-7,9-10H,8H2,1-3H3,(H,21,22,25). The van der Waals surface area contributed by atoms with Gasteiger partial charge in [0.15, 0.2) is 5.13 Å². The Bertz CT molecular complexity index is 1340. The van der Waals surface area contributed by atoms with Gasteiger partial charge in [-0.3, -0.25) is 18.7 Å². The first-order valence-corrected chi connectivity index (χ1v) is 9.71. The van der Waals surface area contributed by atoms with Crippen LogP contribution in [0.25, 0.3) is 22.4 Å². The van der Waals surface area contributed by atoms with Crippen LogP contribution in [0.5, 0.6) is 0 Å². The van der Waals surface area contributed by atoms with E-state index < -0.39 is 11.2 Å². The fourth-order valence-electron chi connectivity index (χ4n) is 3.08. The maximum atomic E-state index is 12.5. The van der Waals surface area contributed by atoms with Crippen molar-refractivity contribution in [3.63, 3.8) is 0 Å². The highest BCUT2D eigenvalue weighted by Gasteiger charge is 2.19. The molecule has 1 aromatic carbocycles. The summed E-state index contributed by atoms with van der Waals surface area (Å²) in [6.07, 6.45) is 1.27. The van der Waals surface area contributed by atoms with Gasteiger partial charge in [-0.2, -0.15) is 0 Å². The highest BCUT2D eigenvalue weighted by Crippen LogP contribution is 2.25. The quantitative estimate of drug-likeness (QED) is 0.557. The Hall–Kier alpha value is -3.46. The second-order valence-corrected chi connectivity index (χ2v) is 7.63. The molecule has 0 atom stereocenters. The lowest BCUT2D eigenvalue weighted by Crippen LogP contribution is -2.36. The number of rotatable bonds is 4. The van der Waals surface area contributed by atoms with Crippen LogP contribution in [0.3, 0.4) is 0 Å². The Morgan fingerprint density at radius 1 is 1.17 bits per heavy atom. The zero-order valence-electron chi connectivity index (χ0n) is 16.1. The van der Waals surface area contributed by atoms with Gasteiger partial charge in [0.1, 0.15) is 5.39 Å². The number of amides is 1. The lowest BCUT2D eigenvalue weighted by Gasteiger charge is -2.03. The molecule has 1 amide bonds. The molecule has 148 valence electrons. The Balaban J connectivity index is 1.56. The van der Waals surface area contributed by atoms with Gasteiger partial charge in [-0.05, 0) is 6.92 Å². The summed E-state index contributed by atoms with van der Waals surface area (Å²) in [7, 11) is 2.91. The first-order chi connectivity index (χ1) is 13.8. The van der Waals surface area contributed by atoms with E-state index >= 15 is 0 Å². The smallest absolute Gasteiger partial charge is 0.333 e. The Morgan fingerprint density at radius 2 is 1.90 bits per heavy atom. The third kappa shape index (κ3) is 3.40. The molecule has 3 heterocycles. The van der Waals surface area contributed by atoms with E-state index in [1.54, 1.807) is 0 Å². The van der Waals surface area contributed by atoms with Crippen molar-refractivity contribution >= 4 is 33.5 Å². The predicted octanol–water partition coefficient (Wildman–Crippen LogP) is 2.44. The zero-order chi connectivity index (χ0) is 20.7. The highest BCUT2D eigenvalue weighted by atomic mass is 32.1. The SMILES string of the molecule is Cc1ccc(-c2csc(NC(=O)Cc3coc4c3c(=O)n(C)c(=O)n4C)n2)cc1. The summed E-state index contributed by atoms with van der Waals surface area (Å²) in [5.41, 5.74) is 2.50. The molecule has 0 unspecified atom stereocenters. The highest BCUT2D eigenvalue weighted by molar-refractivity contribution is 7.14. The van der Waals surface area contributed by atoms with Crippen LogP contribution in [0.1, 0.15) is 11.1 Å². The van der Waals surface area contributed by atoms with E-state index in [-0.39, 0.29) is 23.4 Å². The van der Waals surface area contributed by atoms with E-state index in [0.717, 1.165) is 21.4 Å². The van der Waals surface area contributed by atoms with Crippen molar-refractivity contribution in [2.75, 3.05) is 5.32 Å². The largest absolute Gasteiger partial charge is 0.447 e. The number of thiazole rings is 1. The summed E-state index contributed by atoms with van der Waals surface area (Å²) in [4.78, 5) is 41.4. The van der Waals surface area contributed by atoms with Crippen molar-refractivity contribution in [2.45, 2.75) is 13.3 Å². The Morgan fingerprint density at radius 3 is 2.62 bits per heavy atom. The molecule has 0 radical (unpaired) electrons. The molecule has 1 N–H and O–H groups in total. The Labute approximate surface area is 169 Å². The van der Waals surface area contributed by atoms with E-state index in [0.29, 0.717) is 10.7 Å². The Kier molecular flexibility index (Phi) is 4.67. The molecule has 4 aromatic rings. The molecule has 0 saturated carbocycles. The van der Waals surface area contributed by atoms with Crippen molar-refractivity contribution in [1.29, 1.82) is 0 Å². The molecular weight excluding hydrogens is 392 g/mol. The average molecular weight is 410 g/mol. The van der Waals surface area contributed by atoms with Gasteiger partial charge < -0.3 is 9.73 Å². The van der Waals surface area contributed by atoms with Crippen molar-refractivity contribution in [1.82, 2.24) is 14.1 Å². The van der Waals surface area contributed by atoms with Crippen LogP contribution < -0.4 is 16.6 Å². The van der Waals surface area contributed by atoms with Gasteiger partial charge >= 0.3 is 5.69 Å². The van der Waals surface area contributed by atoms with Crippen LogP contribution in [0.2, 0.25) is 0 Å². The number of anilines is 1. The third-order valence-corrected chi connectivity index (χ3v) is 5.45. The van der Waals surface area contributed by atoms with Gasteiger partial charge in [0.2, 0.25) is 11.6 Å². The van der Waals surface area contributed by atoms with E-state index in [9.17, 15) is 14.4 Å². The fraction of sp³-hybridized carbons (Fsp3) is 0.200. The number of nitrogens with zero attached hydrogens (tertiary/aromatic N) is 3. The van der Waals surface area contributed by atoms with Gasteiger partial charge in [-0.25, -0.2) is 9.78 Å². The van der Waals surface area contributed by atoms with Crippen LogP contribution in [0.15, 0.2) is 49.9 Å². The molecule has 4 rings (SSSR count). The van der Waals surface area contributed by atoms with E-state index in [1.807, 2.05) is 36.6 Å². The van der Waals surface area contributed by atoms with Gasteiger partial charge in [-0.15, -0.1) is 11.3 Å². The third-order valence-electron chi connectivity index (χ3n) is 4.69. The lowest BCUT2D eigenvalue weighted by molar-refractivity contribution is -0.115. The second kappa shape index (κ2) is 7.17. The molecule has 0 aliphatic carbocycles. The molecule has 0 aliphatic heterocycles. The van der Waals surface area contributed by atoms with Gasteiger partial charge in [0, 0.05) is 30.6 Å². The molecule has 0 fully saturated rings. The van der Waals surface area contributed by atoms with E-state index in [4.69, 9.17) is 4.42 Å². The van der Waals surface area contributed by atoms with Crippen molar-refractivity contribution in [3.05, 3.63) is 67.9 Å². The number of hydrogen-bond donors (Lipinski definition) is 1. The number of hydrogen-bond acceptors (Lipinski definition) is 6. The summed E-state index contributed by atoms with van der Waals surface area (Å²) in [5, 5.41) is 5.33. The average Bonchev–Trinajstić information content (AvgIpc) is 3.32. The molecule has 3 aromatic heterocycles. The van der Waals surface area contributed by atoms with Crippen LogP contribution in [-0.4, -0.2) is 20.0 Å². The minimum absolute atomic E-state index is 0.0696. The van der Waals surface area contributed by atoms with Gasteiger partial charge in [0.25, 0.3) is 5.56 Å². The summed E-state index contributed by atoms with van der Waals surface area (Å²) in [6.45, 7) is 2.02. The number of carbonyl (C=O) groups excluding carboxylic acids is 1. The van der Waals surface area contributed by atoms with E-state index in [2.05, 4.69) is 10.3 Å². The molecular formula is C20H18N4O4S. The minimum Gasteiger partial charge on any atom is -0.447 e. The van der Waals surface area contributed by atoms with E-state index in [1.165, 1.54) is 36.3 Å². The second-order valence-electron chi connectivity index (χ2n) is 6.78. The molecule has 29 heavy (non-hydrogen) atoms. The maximum Gasteiger partial charge on any atom is 0.333 e. The first kappa shape index (κ1) is 18.9. The summed E-state index contributed by atoms with van der Waals surface area (Å²) >= 11 is 1.33. The summed E-state index contributed by atoms with van der Waals surface area (Å²) in [5.74, 6) is -0.326. The molecule has 9 heteroatoms. The summed E-state index contributed by atoms with van der Waals surface area (Å²) in [6, 6.07) is 7.97. The molecule has 0 saturated heterocycles. The van der Waals surface area contributed by atoms with Crippen LogP contribution in [0, 0.1) is 6.92 Å². The van der Waals surface area contributed by atoms with Crippen LogP contribution in [0.4, 0.5) is 5.13 Å². The van der Waals surface area contributed by atoms with Gasteiger partial charge in [-0.1, -0.05) is 29.8 Å². The van der Waals surface area contributed by atoms with Crippen LogP contribution >= 0.6 is 11.3 Å². The molecule has 8 nitrogen and oxygen atoms in total. The topological polar surface area (TPSA) is 99.1 Å². The predicted molar refractivity (Wildman–Crippen MR) is 111 cm³/mol. The molecule has 0 spiro atoms. The number of aryl methyl sites for hydroxylation is 2. The molecule has 0 bridgehead atoms. The van der Waals surface area contributed by atoms with Gasteiger partial charge in [0.05, 0.1) is 18.4 Å². The number of fused-ring (bicyclic) bond motifs is 1. The minimum atomic E-state index is -0.490. The number of benzene rings is 1. The number of nitrogens with one attached hydrogen (secondary N) is 1. The maximum absolute atomic E-state index is 12.5. The monoisotopic (exact) mass is 410 g/mol. The summed E-state index contributed by atoms with van der Waals surface area (Å²) < 4.78 is 7.61. The number of carbonyl (C=O) groups is 1.